The van der Waals surface area contributed by atoms with E-state index in [4.69, 9.17) is 8.92 Å². The molecule has 1 saturated heterocycles. The van der Waals surface area contributed by atoms with Crippen LogP contribution in [0.3, 0.4) is 0 Å². The number of thioether (sulfide) groups is 1. The maximum absolute atomic E-state index is 12.9. The molecule has 39 heavy (non-hydrogen) atoms. The van der Waals surface area contributed by atoms with Crippen LogP contribution in [0.2, 0.25) is 0 Å². The number of ether oxygens (including phenoxy) is 1. The molecular weight excluding hydrogens is 554 g/mol. The van der Waals surface area contributed by atoms with Crippen LogP contribution in [-0.4, -0.2) is 41.4 Å². The third kappa shape index (κ3) is 5.89. The van der Waals surface area contributed by atoms with E-state index in [2.05, 4.69) is 0 Å². The molecular formula is C24H17N3O10S2. The quantitative estimate of drug-likeness (QED) is 0.153. The zero-order chi connectivity index (χ0) is 28.3. The van der Waals surface area contributed by atoms with Crippen LogP contribution in [0.4, 0.5) is 16.2 Å². The van der Waals surface area contributed by atoms with Crippen molar-refractivity contribution in [2.45, 2.75) is 11.4 Å². The van der Waals surface area contributed by atoms with Crippen molar-refractivity contribution in [2.24, 2.45) is 0 Å². The molecule has 4 rings (SSSR count). The van der Waals surface area contributed by atoms with Gasteiger partial charge in [0.15, 0.2) is 16.4 Å². The topological polar surface area (TPSA) is 176 Å². The van der Waals surface area contributed by atoms with Crippen LogP contribution in [-0.2, 0) is 21.5 Å². The van der Waals surface area contributed by atoms with Crippen LogP contribution in [0, 0.1) is 20.2 Å². The molecule has 0 saturated carbocycles. The Morgan fingerprint density at radius 3 is 2.28 bits per heavy atom. The minimum Gasteiger partial charge on any atom is -0.493 e. The monoisotopic (exact) mass is 571 g/mol. The number of hydrogen-bond donors (Lipinski definition) is 0. The fraction of sp³-hybridized carbons (Fsp3) is 0.0833. The number of carbonyl (C=O) groups excluding carboxylic acids is 2. The second-order valence-corrected chi connectivity index (χ2v) is 10.4. The molecule has 1 aliphatic rings. The number of methoxy groups -OCH3 is 1. The minimum absolute atomic E-state index is 0.0454. The molecule has 200 valence electrons. The van der Waals surface area contributed by atoms with E-state index in [1.54, 1.807) is 0 Å². The van der Waals surface area contributed by atoms with Crippen molar-refractivity contribution < 1.29 is 36.8 Å². The number of nitrogens with zero attached hydrogens (tertiary/aromatic N) is 3. The summed E-state index contributed by atoms with van der Waals surface area (Å²) in [5, 5.41) is 21.5. The maximum Gasteiger partial charge on any atom is 0.346 e. The van der Waals surface area contributed by atoms with Crippen LogP contribution < -0.4 is 8.92 Å². The van der Waals surface area contributed by atoms with E-state index in [0.29, 0.717) is 22.9 Å². The number of nitro groups is 2. The SMILES string of the molecule is COc1cc(/C=C2\SC(=O)N(Cc3ccc([N+](=O)[O-])cc3)C2=O)ccc1OS(=O)(=O)c1ccccc1[N+](=O)[O-]. The summed E-state index contributed by atoms with van der Waals surface area (Å²) in [4.78, 5) is 46.4. The Morgan fingerprint density at radius 1 is 0.949 bits per heavy atom. The Balaban J connectivity index is 1.55. The summed E-state index contributed by atoms with van der Waals surface area (Å²) in [5.41, 5.74) is 0.122. The third-order valence-electron chi connectivity index (χ3n) is 5.38. The smallest absolute Gasteiger partial charge is 0.346 e. The summed E-state index contributed by atoms with van der Waals surface area (Å²) < 4.78 is 35.8. The van der Waals surface area contributed by atoms with Crippen molar-refractivity contribution in [1.82, 2.24) is 4.90 Å². The van der Waals surface area contributed by atoms with E-state index in [-0.39, 0.29) is 28.6 Å². The lowest BCUT2D eigenvalue weighted by atomic mass is 10.1. The Labute approximate surface area is 225 Å². The summed E-state index contributed by atoms with van der Waals surface area (Å²) >= 11 is 0.692. The Kier molecular flexibility index (Phi) is 7.64. The van der Waals surface area contributed by atoms with Gasteiger partial charge >= 0.3 is 10.1 Å². The van der Waals surface area contributed by atoms with Crippen LogP contribution >= 0.6 is 11.8 Å². The van der Waals surface area contributed by atoms with Crippen molar-refractivity contribution >= 4 is 50.5 Å². The first-order valence-electron chi connectivity index (χ1n) is 10.8. The largest absolute Gasteiger partial charge is 0.493 e. The Bertz CT molecular complexity index is 1640. The standard InChI is InChI=1S/C24H17N3O10S2/c1-36-20-12-16(8-11-19(20)37-39(34,35)22-5-3-2-4-18(22)27(32)33)13-21-23(28)25(24(29)38-21)14-15-6-9-17(10-7-15)26(30)31/h2-13H,14H2,1H3/b21-13-. The highest BCUT2D eigenvalue weighted by molar-refractivity contribution is 8.18. The maximum atomic E-state index is 12.9. The molecule has 3 aromatic carbocycles. The van der Waals surface area contributed by atoms with Gasteiger partial charge in [0.25, 0.3) is 22.5 Å². The van der Waals surface area contributed by atoms with Gasteiger partial charge in [0.1, 0.15) is 0 Å². The van der Waals surface area contributed by atoms with E-state index >= 15 is 0 Å². The summed E-state index contributed by atoms with van der Waals surface area (Å²) in [6, 6.07) is 14.2. The van der Waals surface area contributed by atoms with E-state index in [9.17, 15) is 38.2 Å². The van der Waals surface area contributed by atoms with E-state index in [0.717, 1.165) is 17.0 Å². The highest BCUT2D eigenvalue weighted by atomic mass is 32.2. The predicted molar refractivity (Wildman–Crippen MR) is 139 cm³/mol. The number of imide groups is 1. The fourth-order valence-electron chi connectivity index (χ4n) is 3.52. The van der Waals surface area contributed by atoms with Gasteiger partial charge in [-0.25, -0.2) is 0 Å². The number of benzene rings is 3. The van der Waals surface area contributed by atoms with E-state index < -0.39 is 41.7 Å². The molecule has 0 spiro atoms. The van der Waals surface area contributed by atoms with Crippen molar-refractivity contribution in [1.29, 1.82) is 0 Å². The lowest BCUT2D eigenvalue weighted by Gasteiger charge is -2.12. The molecule has 0 atom stereocenters. The number of non-ortho nitro benzene ring substituents is 1. The first kappa shape index (κ1) is 27.3. The number of rotatable bonds is 9. The van der Waals surface area contributed by atoms with Crippen molar-refractivity contribution in [2.75, 3.05) is 7.11 Å². The molecule has 0 bridgehead atoms. The molecule has 0 aliphatic carbocycles. The van der Waals surface area contributed by atoms with E-state index in [1.807, 2.05) is 0 Å². The van der Waals surface area contributed by atoms with E-state index in [1.165, 1.54) is 67.8 Å². The first-order chi connectivity index (χ1) is 18.5. The first-order valence-corrected chi connectivity index (χ1v) is 13.1. The van der Waals surface area contributed by atoms with Gasteiger partial charge in [-0.2, -0.15) is 8.42 Å². The molecule has 3 aromatic rings. The van der Waals surface area contributed by atoms with Crippen LogP contribution in [0.15, 0.2) is 76.5 Å². The van der Waals surface area contributed by atoms with Crippen LogP contribution in [0.25, 0.3) is 6.08 Å². The highest BCUT2D eigenvalue weighted by Gasteiger charge is 2.35. The normalized spacial score (nSPS) is 14.5. The van der Waals surface area contributed by atoms with Gasteiger partial charge in [0.05, 0.1) is 28.4 Å². The number of para-hydroxylation sites is 1. The molecule has 0 N–H and O–H groups in total. The van der Waals surface area contributed by atoms with Gasteiger partial charge in [-0.3, -0.25) is 34.7 Å². The van der Waals surface area contributed by atoms with Crippen molar-refractivity contribution in [3.05, 3.63) is 103 Å². The zero-order valence-electron chi connectivity index (χ0n) is 19.9. The second kappa shape index (κ2) is 10.9. The average molecular weight is 572 g/mol. The summed E-state index contributed by atoms with van der Waals surface area (Å²) in [5.74, 6) is -0.878. The summed E-state index contributed by atoms with van der Waals surface area (Å²) in [6.45, 7) is -0.0837. The molecule has 0 unspecified atom stereocenters. The number of nitro benzene ring substituents is 2. The third-order valence-corrected chi connectivity index (χ3v) is 7.57. The molecule has 0 aromatic heterocycles. The van der Waals surface area contributed by atoms with Gasteiger partial charge in [-0.1, -0.05) is 30.3 Å². The fourth-order valence-corrected chi connectivity index (χ4v) is 5.46. The molecule has 1 aliphatic heterocycles. The molecule has 1 fully saturated rings. The van der Waals surface area contributed by atoms with Gasteiger partial charge in [-0.05, 0) is 47.2 Å². The predicted octanol–water partition coefficient (Wildman–Crippen LogP) is 4.52. The van der Waals surface area contributed by atoms with Crippen molar-refractivity contribution in [3.8, 4) is 11.5 Å². The molecule has 0 radical (unpaired) electrons. The second-order valence-electron chi connectivity index (χ2n) is 7.86. The summed E-state index contributed by atoms with van der Waals surface area (Å²) in [7, 11) is -3.35. The molecule has 15 heteroatoms. The van der Waals surface area contributed by atoms with Gasteiger partial charge < -0.3 is 8.92 Å². The van der Waals surface area contributed by atoms with Crippen LogP contribution in [0.5, 0.6) is 11.5 Å². The highest BCUT2D eigenvalue weighted by Crippen LogP contribution is 2.36. The van der Waals surface area contributed by atoms with Crippen molar-refractivity contribution in [3.63, 3.8) is 0 Å². The average Bonchev–Trinajstić information content (AvgIpc) is 3.16. The molecule has 13 nitrogen and oxygen atoms in total. The summed E-state index contributed by atoms with van der Waals surface area (Å²) in [6.07, 6.45) is 1.41. The lowest BCUT2D eigenvalue weighted by Crippen LogP contribution is -2.27. The van der Waals surface area contributed by atoms with Gasteiger partial charge in [0, 0.05) is 18.2 Å². The Morgan fingerprint density at radius 2 is 1.64 bits per heavy atom. The van der Waals surface area contributed by atoms with Gasteiger partial charge in [-0.15, -0.1) is 0 Å². The number of hydrogen-bond acceptors (Lipinski definition) is 11. The molecule has 1 heterocycles. The zero-order valence-corrected chi connectivity index (χ0v) is 21.5. The lowest BCUT2D eigenvalue weighted by molar-refractivity contribution is -0.387. The number of carbonyl (C=O) groups is 2. The minimum atomic E-state index is -4.60. The Hall–Kier alpha value is -4.76. The van der Waals surface area contributed by atoms with Gasteiger partial charge in [0.2, 0.25) is 0 Å². The van der Waals surface area contributed by atoms with Crippen LogP contribution in [0.1, 0.15) is 11.1 Å². The number of amides is 2. The molecule has 2 amide bonds.